The number of anilines is 3. The lowest BCUT2D eigenvalue weighted by atomic mass is 10.2. The lowest BCUT2D eigenvalue weighted by Crippen LogP contribution is -2.07. The Balaban J connectivity index is 2.40. The molecule has 4 N–H and O–H groups in total. The van der Waals surface area contributed by atoms with Gasteiger partial charge in [0.1, 0.15) is 0 Å². The van der Waals surface area contributed by atoms with Crippen molar-refractivity contribution in [1.29, 1.82) is 0 Å². The van der Waals surface area contributed by atoms with Crippen LogP contribution in [0.5, 0.6) is 0 Å². The van der Waals surface area contributed by atoms with E-state index in [4.69, 9.17) is 10.8 Å². The Bertz CT molecular complexity index is 669. The lowest BCUT2D eigenvalue weighted by molar-refractivity contribution is 0.0698. The number of pyridine rings is 1. The lowest BCUT2D eigenvalue weighted by Gasteiger charge is -2.10. The second kappa shape index (κ2) is 5.08. The molecule has 1 aromatic carbocycles. The molecule has 2 aromatic rings. The van der Waals surface area contributed by atoms with Crippen LogP contribution in [0.1, 0.15) is 10.4 Å². The summed E-state index contributed by atoms with van der Waals surface area (Å²) in [5.41, 5.74) is 5.00. The number of nitrogens with two attached hydrogens (primary N) is 1. The minimum absolute atomic E-state index is 0.102. The first-order valence-electron chi connectivity index (χ1n) is 5.29. The van der Waals surface area contributed by atoms with Gasteiger partial charge in [-0.2, -0.15) is 0 Å². The number of nitrogens with one attached hydrogen (secondary N) is 1. The van der Waals surface area contributed by atoms with Crippen LogP contribution in [0, 0.1) is 17.5 Å². The van der Waals surface area contributed by atoms with E-state index in [0.717, 1.165) is 0 Å². The molecule has 0 saturated carbocycles. The predicted octanol–water partition coefficient (Wildman–Crippen LogP) is 2.52. The van der Waals surface area contributed by atoms with Crippen molar-refractivity contribution in [2.75, 3.05) is 11.1 Å². The minimum Gasteiger partial charge on any atom is -0.478 e. The van der Waals surface area contributed by atoms with E-state index in [1.165, 1.54) is 12.3 Å². The first-order chi connectivity index (χ1) is 9.40. The molecule has 104 valence electrons. The van der Waals surface area contributed by atoms with Gasteiger partial charge in [-0.1, -0.05) is 0 Å². The molecule has 20 heavy (non-hydrogen) atoms. The SMILES string of the molecule is Nc1c(C(=O)O)ccnc1Nc1cc(F)c(F)c(F)c1. The van der Waals surface area contributed by atoms with E-state index in [2.05, 4.69) is 10.3 Å². The van der Waals surface area contributed by atoms with Crippen LogP contribution in [0.25, 0.3) is 0 Å². The van der Waals surface area contributed by atoms with Crippen molar-refractivity contribution in [3.8, 4) is 0 Å². The number of rotatable bonds is 3. The van der Waals surface area contributed by atoms with E-state index in [-0.39, 0.29) is 22.8 Å². The molecule has 2 rings (SSSR count). The van der Waals surface area contributed by atoms with Crippen molar-refractivity contribution in [2.45, 2.75) is 0 Å². The Morgan fingerprint density at radius 1 is 1.25 bits per heavy atom. The summed E-state index contributed by atoms with van der Waals surface area (Å²) < 4.78 is 38.9. The molecule has 0 spiro atoms. The maximum Gasteiger partial charge on any atom is 0.337 e. The largest absolute Gasteiger partial charge is 0.478 e. The first-order valence-corrected chi connectivity index (χ1v) is 5.29. The number of benzene rings is 1. The second-order valence-electron chi connectivity index (χ2n) is 3.80. The van der Waals surface area contributed by atoms with E-state index < -0.39 is 23.4 Å². The molecule has 1 aromatic heterocycles. The number of carboxylic acid groups (broad SMARTS) is 1. The fraction of sp³-hybridized carbons (Fsp3) is 0. The Labute approximate surface area is 110 Å². The summed E-state index contributed by atoms with van der Waals surface area (Å²) in [6.45, 7) is 0. The maximum absolute atomic E-state index is 13.1. The second-order valence-corrected chi connectivity index (χ2v) is 3.80. The normalized spacial score (nSPS) is 10.3. The molecule has 0 saturated heterocycles. The van der Waals surface area contributed by atoms with Crippen LogP contribution in [-0.2, 0) is 0 Å². The zero-order valence-corrected chi connectivity index (χ0v) is 9.82. The topological polar surface area (TPSA) is 88.2 Å². The third-order valence-corrected chi connectivity index (χ3v) is 2.47. The number of hydrogen-bond acceptors (Lipinski definition) is 4. The van der Waals surface area contributed by atoms with Gasteiger partial charge in [0.15, 0.2) is 23.3 Å². The fourth-order valence-electron chi connectivity index (χ4n) is 1.52. The number of hydrogen-bond donors (Lipinski definition) is 3. The number of halogens is 3. The highest BCUT2D eigenvalue weighted by Crippen LogP contribution is 2.25. The molecule has 0 atom stereocenters. The van der Waals surface area contributed by atoms with E-state index in [9.17, 15) is 18.0 Å². The maximum atomic E-state index is 13.1. The molecule has 0 aliphatic heterocycles. The highest BCUT2D eigenvalue weighted by Gasteiger charge is 2.15. The van der Waals surface area contributed by atoms with Crippen LogP contribution in [0.2, 0.25) is 0 Å². The summed E-state index contributed by atoms with van der Waals surface area (Å²) >= 11 is 0. The van der Waals surface area contributed by atoms with Crippen molar-refractivity contribution in [3.63, 3.8) is 0 Å². The van der Waals surface area contributed by atoms with Crippen molar-refractivity contribution in [2.24, 2.45) is 0 Å². The fourth-order valence-corrected chi connectivity index (χ4v) is 1.52. The van der Waals surface area contributed by atoms with Gasteiger partial charge in [-0.25, -0.2) is 22.9 Å². The molecule has 5 nitrogen and oxygen atoms in total. The monoisotopic (exact) mass is 283 g/mol. The van der Waals surface area contributed by atoms with Gasteiger partial charge < -0.3 is 16.2 Å². The number of nitrogen functional groups attached to an aromatic ring is 1. The quantitative estimate of drug-likeness (QED) is 0.753. The van der Waals surface area contributed by atoms with E-state index in [1.54, 1.807) is 0 Å². The number of aromatic carboxylic acids is 1. The summed E-state index contributed by atoms with van der Waals surface area (Å²) in [4.78, 5) is 14.6. The van der Waals surface area contributed by atoms with Crippen molar-refractivity contribution in [3.05, 3.63) is 47.4 Å². The highest BCUT2D eigenvalue weighted by molar-refractivity contribution is 5.96. The van der Waals surface area contributed by atoms with Gasteiger partial charge in [-0.05, 0) is 6.07 Å². The molecule has 1 heterocycles. The number of nitrogens with zero attached hydrogens (tertiary/aromatic N) is 1. The highest BCUT2D eigenvalue weighted by atomic mass is 19.2. The molecule has 8 heteroatoms. The van der Waals surface area contributed by atoms with E-state index in [1.807, 2.05) is 0 Å². The van der Waals surface area contributed by atoms with Gasteiger partial charge in [0.05, 0.1) is 11.3 Å². The van der Waals surface area contributed by atoms with Crippen LogP contribution in [0.3, 0.4) is 0 Å². The molecule has 0 fully saturated rings. The zero-order valence-electron chi connectivity index (χ0n) is 9.82. The van der Waals surface area contributed by atoms with E-state index in [0.29, 0.717) is 12.1 Å². The number of carbonyl (C=O) groups is 1. The van der Waals surface area contributed by atoms with Crippen molar-refractivity contribution < 1.29 is 23.1 Å². The smallest absolute Gasteiger partial charge is 0.337 e. The van der Waals surface area contributed by atoms with Gasteiger partial charge in [-0.15, -0.1) is 0 Å². The van der Waals surface area contributed by atoms with E-state index >= 15 is 0 Å². The van der Waals surface area contributed by atoms with Crippen LogP contribution in [-0.4, -0.2) is 16.1 Å². The van der Waals surface area contributed by atoms with Crippen molar-refractivity contribution in [1.82, 2.24) is 4.98 Å². The van der Waals surface area contributed by atoms with Crippen molar-refractivity contribution >= 4 is 23.2 Å². The molecular formula is C12H8F3N3O2. The Morgan fingerprint density at radius 2 is 1.85 bits per heavy atom. The van der Waals surface area contributed by atoms with Gasteiger partial charge in [0.2, 0.25) is 0 Å². The molecule has 0 aliphatic rings. The van der Waals surface area contributed by atoms with Gasteiger partial charge in [0, 0.05) is 24.0 Å². The van der Waals surface area contributed by atoms with Crippen LogP contribution < -0.4 is 11.1 Å². The first kappa shape index (κ1) is 13.7. The molecule has 0 amide bonds. The Hall–Kier alpha value is -2.77. The minimum atomic E-state index is -1.60. The predicted molar refractivity (Wildman–Crippen MR) is 65.2 cm³/mol. The molecule has 0 radical (unpaired) electrons. The summed E-state index contributed by atoms with van der Waals surface area (Å²) in [5, 5.41) is 11.3. The molecule has 0 bridgehead atoms. The van der Waals surface area contributed by atoms with Crippen LogP contribution in [0.4, 0.5) is 30.4 Å². The van der Waals surface area contributed by atoms with Crippen LogP contribution in [0.15, 0.2) is 24.4 Å². The van der Waals surface area contributed by atoms with Crippen LogP contribution >= 0.6 is 0 Å². The average molecular weight is 283 g/mol. The number of carboxylic acids is 1. The Kier molecular flexibility index (Phi) is 3.47. The summed E-state index contributed by atoms with van der Waals surface area (Å²) in [5.74, 6) is -5.75. The summed E-state index contributed by atoms with van der Waals surface area (Å²) in [6.07, 6.45) is 1.17. The molecule has 0 aliphatic carbocycles. The number of aromatic nitrogens is 1. The summed E-state index contributed by atoms with van der Waals surface area (Å²) in [7, 11) is 0. The third-order valence-electron chi connectivity index (χ3n) is 2.47. The summed E-state index contributed by atoms with van der Waals surface area (Å²) in [6, 6.07) is 2.58. The Morgan fingerprint density at radius 3 is 2.40 bits per heavy atom. The van der Waals surface area contributed by atoms with Gasteiger partial charge >= 0.3 is 5.97 Å². The van der Waals surface area contributed by atoms with Gasteiger partial charge in [0.25, 0.3) is 0 Å². The zero-order chi connectivity index (χ0) is 14.9. The standard InChI is InChI=1S/C12H8F3N3O2/c13-7-3-5(4-8(14)9(7)15)18-11-10(16)6(12(19)20)1-2-17-11/h1-4H,16H2,(H,17,18)(H,19,20). The third kappa shape index (κ3) is 2.48. The molecular weight excluding hydrogens is 275 g/mol. The van der Waals surface area contributed by atoms with Gasteiger partial charge in [-0.3, -0.25) is 0 Å². The average Bonchev–Trinajstić information content (AvgIpc) is 2.38. The molecule has 0 unspecified atom stereocenters.